The van der Waals surface area contributed by atoms with Gasteiger partial charge in [0.15, 0.2) is 0 Å². The second kappa shape index (κ2) is 4.62. The number of hydrogen-bond acceptors (Lipinski definition) is 3. The molecule has 3 rings (SSSR count). The molecule has 0 aromatic rings. The first-order valence-corrected chi connectivity index (χ1v) is 7.17. The van der Waals surface area contributed by atoms with E-state index in [0.717, 1.165) is 19.3 Å². The minimum Gasteiger partial charge on any atom is -0.481 e. The fourth-order valence-electron chi connectivity index (χ4n) is 3.87. The maximum atomic E-state index is 12.3. The molecule has 2 amide bonds. The van der Waals surface area contributed by atoms with E-state index in [2.05, 4.69) is 0 Å². The van der Waals surface area contributed by atoms with Crippen LogP contribution in [0.4, 0.5) is 0 Å². The molecule has 0 spiro atoms. The zero-order chi connectivity index (χ0) is 13.6. The van der Waals surface area contributed by atoms with E-state index in [1.165, 1.54) is 4.90 Å². The molecular formula is C14H19NO4. The smallest absolute Gasteiger partial charge is 0.306 e. The van der Waals surface area contributed by atoms with E-state index < -0.39 is 5.97 Å². The number of amides is 2. The zero-order valence-electron chi connectivity index (χ0n) is 10.9. The third-order valence-electron chi connectivity index (χ3n) is 5.02. The summed E-state index contributed by atoms with van der Waals surface area (Å²) in [5, 5.41) is 8.99. The van der Waals surface area contributed by atoms with Gasteiger partial charge >= 0.3 is 5.97 Å². The lowest BCUT2D eigenvalue weighted by atomic mass is 9.83. The molecular weight excluding hydrogens is 246 g/mol. The lowest BCUT2D eigenvalue weighted by Gasteiger charge is -2.38. The van der Waals surface area contributed by atoms with E-state index in [1.807, 2.05) is 0 Å². The molecule has 5 nitrogen and oxygen atoms in total. The average Bonchev–Trinajstić information content (AvgIpc) is 2.84. The number of carbonyl (C=O) groups excluding carboxylic acids is 2. The lowest BCUT2D eigenvalue weighted by Crippen LogP contribution is -2.52. The van der Waals surface area contributed by atoms with Crippen molar-refractivity contribution >= 4 is 17.8 Å². The van der Waals surface area contributed by atoms with Crippen molar-refractivity contribution in [2.45, 2.75) is 51.0 Å². The molecule has 2 atom stereocenters. The fourth-order valence-corrected chi connectivity index (χ4v) is 3.87. The van der Waals surface area contributed by atoms with E-state index in [1.54, 1.807) is 0 Å². The number of nitrogens with zero attached hydrogens (tertiary/aromatic N) is 1. The van der Waals surface area contributed by atoms with Crippen molar-refractivity contribution in [2.24, 2.45) is 17.8 Å². The molecule has 5 heteroatoms. The van der Waals surface area contributed by atoms with Crippen LogP contribution in [0.1, 0.15) is 44.9 Å². The molecule has 1 aliphatic heterocycles. The van der Waals surface area contributed by atoms with E-state index in [9.17, 15) is 14.4 Å². The molecule has 2 saturated carbocycles. The predicted molar refractivity (Wildman–Crippen MR) is 66.1 cm³/mol. The van der Waals surface area contributed by atoms with Gasteiger partial charge in [-0.1, -0.05) is 0 Å². The third-order valence-corrected chi connectivity index (χ3v) is 5.02. The molecule has 0 aromatic heterocycles. The van der Waals surface area contributed by atoms with Crippen LogP contribution in [0.2, 0.25) is 0 Å². The highest BCUT2D eigenvalue weighted by atomic mass is 16.4. The highest BCUT2D eigenvalue weighted by Crippen LogP contribution is 2.41. The Hall–Kier alpha value is -1.39. The van der Waals surface area contributed by atoms with Gasteiger partial charge in [-0.25, -0.2) is 0 Å². The number of carbonyl (C=O) groups is 3. The summed E-state index contributed by atoms with van der Waals surface area (Å²) >= 11 is 0. The van der Waals surface area contributed by atoms with Crippen molar-refractivity contribution in [2.75, 3.05) is 0 Å². The first kappa shape index (κ1) is 12.6. The summed E-state index contributed by atoms with van der Waals surface area (Å²) in [6.45, 7) is 0. The van der Waals surface area contributed by atoms with Gasteiger partial charge in [0.2, 0.25) is 11.8 Å². The van der Waals surface area contributed by atoms with E-state index >= 15 is 0 Å². The number of likely N-dealkylation sites (tertiary alicyclic amines) is 1. The quantitative estimate of drug-likeness (QED) is 0.766. The number of carboxylic acids is 1. The van der Waals surface area contributed by atoms with Crippen LogP contribution in [0.3, 0.4) is 0 Å². The van der Waals surface area contributed by atoms with Crippen molar-refractivity contribution in [3.8, 4) is 0 Å². The Kier molecular flexibility index (Phi) is 3.07. The van der Waals surface area contributed by atoms with Crippen LogP contribution in [0, 0.1) is 17.8 Å². The second-order valence-electron chi connectivity index (χ2n) is 6.10. The molecule has 1 saturated heterocycles. The molecule has 2 bridgehead atoms. The van der Waals surface area contributed by atoms with Gasteiger partial charge in [0, 0.05) is 17.9 Å². The van der Waals surface area contributed by atoms with Crippen molar-refractivity contribution in [3.63, 3.8) is 0 Å². The third kappa shape index (κ3) is 2.05. The molecule has 3 fully saturated rings. The van der Waals surface area contributed by atoms with Gasteiger partial charge in [-0.2, -0.15) is 0 Å². The van der Waals surface area contributed by atoms with Crippen molar-refractivity contribution in [3.05, 3.63) is 0 Å². The van der Waals surface area contributed by atoms with Crippen LogP contribution in [0.5, 0.6) is 0 Å². The lowest BCUT2D eigenvalue weighted by molar-refractivity contribution is -0.157. The highest BCUT2D eigenvalue weighted by molar-refractivity contribution is 6.01. The summed E-state index contributed by atoms with van der Waals surface area (Å²) in [6.07, 6.45) is 4.87. The van der Waals surface area contributed by atoms with Crippen LogP contribution < -0.4 is 0 Å². The summed E-state index contributed by atoms with van der Waals surface area (Å²) < 4.78 is 0. The first-order valence-electron chi connectivity index (χ1n) is 7.17. The molecule has 0 aromatic carbocycles. The van der Waals surface area contributed by atoms with Crippen LogP contribution in [0.15, 0.2) is 0 Å². The van der Waals surface area contributed by atoms with Crippen LogP contribution in [-0.2, 0) is 14.4 Å². The van der Waals surface area contributed by atoms with E-state index in [4.69, 9.17) is 5.11 Å². The monoisotopic (exact) mass is 265 g/mol. The normalized spacial score (nSPS) is 38.6. The Morgan fingerprint density at radius 1 is 0.947 bits per heavy atom. The molecule has 2 aliphatic carbocycles. The zero-order valence-corrected chi connectivity index (χ0v) is 10.9. The number of imide groups is 1. The highest BCUT2D eigenvalue weighted by Gasteiger charge is 2.48. The van der Waals surface area contributed by atoms with Gasteiger partial charge in [-0.3, -0.25) is 19.3 Å². The molecule has 104 valence electrons. The SMILES string of the molecule is O=C(O)C1CCC(N2C(=O)C3CCC(C3)C2=O)CC1. The predicted octanol–water partition coefficient (Wildman–Crippen LogP) is 1.41. The summed E-state index contributed by atoms with van der Waals surface area (Å²) in [5.74, 6) is -0.979. The van der Waals surface area contributed by atoms with Crippen molar-refractivity contribution in [1.29, 1.82) is 0 Å². The van der Waals surface area contributed by atoms with Crippen molar-refractivity contribution in [1.82, 2.24) is 4.90 Å². The number of aliphatic carboxylic acids is 1. The summed E-state index contributed by atoms with van der Waals surface area (Å²) in [4.78, 5) is 37.0. The van der Waals surface area contributed by atoms with Crippen molar-refractivity contribution < 1.29 is 19.5 Å². The molecule has 2 unspecified atom stereocenters. The summed E-state index contributed by atoms with van der Waals surface area (Å²) in [7, 11) is 0. The number of rotatable bonds is 2. The number of piperidine rings is 1. The van der Waals surface area contributed by atoms with Crippen LogP contribution in [-0.4, -0.2) is 33.8 Å². The average molecular weight is 265 g/mol. The minimum atomic E-state index is -0.755. The summed E-state index contributed by atoms with van der Waals surface area (Å²) in [5.41, 5.74) is 0. The standard InChI is InChI=1S/C14H19NO4/c16-12-9-1-2-10(7-9)13(17)15(12)11-5-3-8(4-6-11)14(18)19/h8-11H,1-7H2,(H,18,19). The molecule has 0 radical (unpaired) electrons. The Morgan fingerprint density at radius 2 is 1.47 bits per heavy atom. The van der Waals surface area contributed by atoms with Gasteiger partial charge in [0.05, 0.1) is 5.92 Å². The van der Waals surface area contributed by atoms with Gasteiger partial charge in [0.25, 0.3) is 0 Å². The maximum absolute atomic E-state index is 12.3. The largest absolute Gasteiger partial charge is 0.481 e. The minimum absolute atomic E-state index is 0.00229. The molecule has 19 heavy (non-hydrogen) atoms. The Morgan fingerprint density at radius 3 is 1.95 bits per heavy atom. The number of hydrogen-bond donors (Lipinski definition) is 1. The molecule has 1 heterocycles. The van der Waals surface area contributed by atoms with Gasteiger partial charge in [0.1, 0.15) is 0 Å². The van der Waals surface area contributed by atoms with Gasteiger partial charge < -0.3 is 5.11 Å². The maximum Gasteiger partial charge on any atom is 0.306 e. The fraction of sp³-hybridized carbons (Fsp3) is 0.786. The topological polar surface area (TPSA) is 74.7 Å². The van der Waals surface area contributed by atoms with Crippen LogP contribution in [0.25, 0.3) is 0 Å². The second-order valence-corrected chi connectivity index (χ2v) is 6.10. The van der Waals surface area contributed by atoms with E-state index in [-0.39, 0.29) is 35.6 Å². The molecule has 1 N–H and O–H groups in total. The summed E-state index contributed by atoms with van der Waals surface area (Å²) in [6, 6.07) is -0.0565. The first-order chi connectivity index (χ1) is 9.08. The Balaban J connectivity index is 1.71. The Bertz CT molecular complexity index is 403. The number of fused-ring (bicyclic) bond motifs is 2. The van der Waals surface area contributed by atoms with E-state index in [0.29, 0.717) is 25.7 Å². The Labute approximate surface area is 112 Å². The van der Waals surface area contributed by atoms with Gasteiger partial charge in [-0.05, 0) is 44.9 Å². The number of carboxylic acid groups (broad SMARTS) is 1. The van der Waals surface area contributed by atoms with Crippen LogP contribution >= 0.6 is 0 Å². The molecule has 3 aliphatic rings. The van der Waals surface area contributed by atoms with Gasteiger partial charge in [-0.15, -0.1) is 0 Å².